The monoisotopic (exact) mass is 1380 g/mol. The molecule has 0 saturated carbocycles. The van der Waals surface area contributed by atoms with E-state index in [0.29, 0.717) is 83.9 Å². The van der Waals surface area contributed by atoms with E-state index in [-0.39, 0.29) is 56.0 Å². The predicted octanol–water partition coefficient (Wildman–Crippen LogP) is 3.22. The van der Waals surface area contributed by atoms with Gasteiger partial charge in [-0.05, 0) is 155 Å². The molecule has 2 saturated heterocycles. The summed E-state index contributed by atoms with van der Waals surface area (Å²) in [4.78, 5) is 153. The van der Waals surface area contributed by atoms with E-state index in [4.69, 9.17) is 16.2 Å². The highest BCUT2D eigenvalue weighted by atomic mass is 19.1. The van der Waals surface area contributed by atoms with E-state index in [9.17, 15) is 47.4 Å². The van der Waals surface area contributed by atoms with E-state index < -0.39 is 156 Å². The summed E-state index contributed by atoms with van der Waals surface area (Å²) in [6.07, 6.45) is 4.63. The van der Waals surface area contributed by atoms with E-state index in [2.05, 4.69) is 47.2 Å². The van der Waals surface area contributed by atoms with E-state index >= 15 is 18.8 Å². The SMILES string of the molecule is COc1ccc(C[C@@H]2NC(=O)[C@H]([C@@H](C)O)NC(=O)[C@@H]3C[C@H](F)CN3C(=O)[C@H](Cc3c[nH]c4ccc(F)cc34)NC(=O)[C@H](Cc3c[nH]c4ccc(F)cc34)NC(=O)[C@@H](C)NC(=O)[C@H](CCCCN)NC(=O)CCC/C=C\Cc3ccc(cc3)C[C@@H](C(N)=O)NC(=O)[C@]3(C)CCCN3C2=O)cc1. The lowest BCUT2D eigenvalue weighted by Gasteiger charge is -2.37. The van der Waals surface area contributed by atoms with Crippen LogP contribution in [0.3, 0.4) is 0 Å². The Labute approximate surface area is 576 Å². The molecule has 10 amide bonds. The number of amides is 10. The standard InChI is InChI=1S/C72H88F3N13O12/c1-40-64(92)82-57(32-45-37-78-53-25-21-47(73)34-51(45)53)66(94)83-59(33-46-38-79-54-26-22-48(74)35-52(46)54)69(97)87-39-49(75)36-60(87)67(95)86-62(41(2)89)68(96)84-58(31-44-19-23-50(100-4)24-20-44)70(98)88-29-11-27-72(88,3)71(99)85-56(63(77)91)30-43-17-15-42(16-18-43)12-7-5-6-8-14-61(90)81-55(65(93)80-40)13-9-10-28-76/h5,7,15-26,34-35,37-38,40-41,49,55-60,62,78-79,89H,6,8-14,27-33,36,39,76H2,1-4H3,(H2,77,91)(H,80,93)(H,81,90)(H,82,92)(H,83,94)(H,84,96)(H,85,99)(H,86,95)/b7-5-/t40-,41-,49+,55+,56+,57+,58+,59+,60+,62+,72+/m1/s1. The van der Waals surface area contributed by atoms with E-state index in [1.807, 2.05) is 24.3 Å². The number of nitrogens with zero attached hydrogens (tertiary/aromatic N) is 2. The normalized spacial score (nSPS) is 25.5. The first-order chi connectivity index (χ1) is 47.8. The highest BCUT2D eigenvalue weighted by Crippen LogP contribution is 2.32. The Morgan fingerprint density at radius 3 is 1.93 bits per heavy atom. The fourth-order valence-corrected chi connectivity index (χ4v) is 13.1. The van der Waals surface area contributed by atoms with Gasteiger partial charge in [-0.3, -0.25) is 47.9 Å². The van der Waals surface area contributed by atoms with Crippen LogP contribution in [0.5, 0.6) is 5.75 Å². The second-order valence-corrected chi connectivity index (χ2v) is 26.2. The number of aromatic nitrogens is 2. The molecule has 10 rings (SSSR count). The molecule has 2 bridgehead atoms. The molecule has 28 heteroatoms. The van der Waals surface area contributed by atoms with Gasteiger partial charge in [-0.25, -0.2) is 13.2 Å². The van der Waals surface area contributed by atoms with E-state index in [0.717, 1.165) is 10.5 Å². The summed E-state index contributed by atoms with van der Waals surface area (Å²) in [6, 6.07) is 9.42. The maximum absolute atomic E-state index is 16.1. The molecular weight excluding hydrogens is 1300 g/mol. The lowest BCUT2D eigenvalue weighted by molar-refractivity contribution is -0.147. The highest BCUT2D eigenvalue weighted by Gasteiger charge is 2.49. The maximum atomic E-state index is 16.1. The second-order valence-electron chi connectivity index (χ2n) is 26.2. The molecule has 2 fully saturated rings. The van der Waals surface area contributed by atoms with Gasteiger partial charge in [0.2, 0.25) is 59.1 Å². The number of alkyl halides is 1. The zero-order chi connectivity index (χ0) is 71.9. The molecule has 6 aromatic rings. The third-order valence-corrected chi connectivity index (χ3v) is 18.8. The molecule has 0 unspecified atom stereocenters. The van der Waals surface area contributed by atoms with Gasteiger partial charge in [0.05, 0.1) is 19.8 Å². The maximum Gasteiger partial charge on any atom is 0.246 e. The number of aliphatic hydroxyl groups is 1. The largest absolute Gasteiger partial charge is 0.497 e. The van der Waals surface area contributed by atoms with Crippen molar-refractivity contribution in [2.45, 2.75) is 177 Å². The van der Waals surface area contributed by atoms with Gasteiger partial charge < -0.3 is 78.3 Å². The molecule has 534 valence electrons. The van der Waals surface area contributed by atoms with Crippen LogP contribution in [0.15, 0.2) is 109 Å². The smallest absolute Gasteiger partial charge is 0.246 e. The molecule has 4 aromatic carbocycles. The zero-order valence-electron chi connectivity index (χ0n) is 56.3. The van der Waals surface area contributed by atoms with Crippen molar-refractivity contribution in [1.29, 1.82) is 0 Å². The van der Waals surface area contributed by atoms with Crippen LogP contribution in [-0.4, -0.2) is 177 Å². The van der Waals surface area contributed by atoms with Crippen molar-refractivity contribution >= 4 is 80.9 Å². The number of nitrogens with two attached hydrogens (primary N) is 2. The first-order valence-corrected chi connectivity index (χ1v) is 33.7. The highest BCUT2D eigenvalue weighted by molar-refractivity contribution is 6.00. The number of carbonyl (C=O) groups excluding carboxylic acids is 10. The Kier molecular flexibility index (Phi) is 24.9. The van der Waals surface area contributed by atoms with Gasteiger partial charge in [0.1, 0.15) is 77.4 Å². The zero-order valence-corrected chi connectivity index (χ0v) is 56.3. The van der Waals surface area contributed by atoms with Crippen LogP contribution >= 0.6 is 0 Å². The van der Waals surface area contributed by atoms with Crippen molar-refractivity contribution in [2.24, 2.45) is 11.5 Å². The first kappa shape index (κ1) is 74.1. The lowest BCUT2D eigenvalue weighted by atomic mass is 9.94. The van der Waals surface area contributed by atoms with Crippen molar-refractivity contribution in [1.82, 2.24) is 57.0 Å². The van der Waals surface area contributed by atoms with Crippen LogP contribution in [-0.2, 0) is 80.0 Å². The number of hydrogen-bond donors (Lipinski definition) is 12. The molecular formula is C72H88F3N13O12. The number of ether oxygens (including phenoxy) is 1. The molecule has 0 spiro atoms. The Balaban J connectivity index is 1.06. The minimum Gasteiger partial charge on any atom is -0.497 e. The summed E-state index contributed by atoms with van der Waals surface area (Å²) in [6.45, 7) is 3.67. The third kappa shape index (κ3) is 18.6. The number of nitrogens with one attached hydrogen (secondary N) is 9. The van der Waals surface area contributed by atoms with Crippen LogP contribution in [0.2, 0.25) is 0 Å². The molecule has 100 heavy (non-hydrogen) atoms. The van der Waals surface area contributed by atoms with Crippen molar-refractivity contribution in [3.63, 3.8) is 0 Å². The molecule has 25 nitrogen and oxygen atoms in total. The topological polar surface area (TPSA) is 374 Å². The average molecular weight is 1380 g/mol. The average Bonchev–Trinajstić information content (AvgIpc) is 1.57. The van der Waals surface area contributed by atoms with Gasteiger partial charge in [-0.15, -0.1) is 0 Å². The summed E-state index contributed by atoms with van der Waals surface area (Å²) in [5.41, 5.74) is 13.7. The van der Waals surface area contributed by atoms with Gasteiger partial charge in [-0.2, -0.15) is 0 Å². The number of fused-ring (bicyclic) bond motifs is 30. The van der Waals surface area contributed by atoms with Gasteiger partial charge in [0.15, 0.2) is 0 Å². The summed E-state index contributed by atoms with van der Waals surface area (Å²) in [5.74, 6) is -9.42. The number of carbonyl (C=O) groups is 10. The summed E-state index contributed by atoms with van der Waals surface area (Å²) >= 11 is 0. The predicted molar refractivity (Wildman–Crippen MR) is 365 cm³/mol. The second kappa shape index (κ2) is 33.6. The molecule has 11 atom stereocenters. The van der Waals surface area contributed by atoms with Gasteiger partial charge >= 0.3 is 0 Å². The molecule has 2 aromatic heterocycles. The fourth-order valence-electron chi connectivity index (χ4n) is 13.1. The molecule has 6 heterocycles. The number of unbranched alkanes of at least 4 members (excludes halogenated alkanes) is 1. The van der Waals surface area contributed by atoms with Crippen molar-refractivity contribution < 1.29 is 71.0 Å². The summed E-state index contributed by atoms with van der Waals surface area (Å²) < 4.78 is 51.4. The number of H-pyrrole nitrogens is 2. The van der Waals surface area contributed by atoms with Crippen LogP contribution < -0.4 is 53.4 Å². The van der Waals surface area contributed by atoms with Crippen LogP contribution in [0.1, 0.15) is 106 Å². The van der Waals surface area contributed by atoms with E-state index in [1.165, 1.54) is 81.6 Å². The Bertz CT molecular complexity index is 4000. The number of halogens is 3. The summed E-state index contributed by atoms with van der Waals surface area (Å²) in [5, 5.41) is 30.7. The van der Waals surface area contributed by atoms with Crippen molar-refractivity contribution in [2.75, 3.05) is 26.7 Å². The van der Waals surface area contributed by atoms with E-state index in [1.54, 1.807) is 36.4 Å². The van der Waals surface area contributed by atoms with Crippen LogP contribution in [0, 0.1) is 11.6 Å². The molecule has 4 aliphatic rings. The number of rotatable bonds is 13. The van der Waals surface area contributed by atoms with Crippen molar-refractivity contribution in [3.8, 4) is 5.75 Å². The number of primary amides is 1. The minimum atomic E-state index is -1.89. The Morgan fingerprint density at radius 1 is 0.690 bits per heavy atom. The van der Waals surface area contributed by atoms with Gasteiger partial charge in [0.25, 0.3) is 0 Å². The number of aliphatic hydroxyl groups excluding tert-OH is 1. The number of allylic oxidation sites excluding steroid dienone is 2. The Morgan fingerprint density at radius 2 is 1.30 bits per heavy atom. The van der Waals surface area contributed by atoms with Gasteiger partial charge in [-0.1, -0.05) is 48.6 Å². The number of hydrogen-bond acceptors (Lipinski definition) is 13. The fraction of sp³-hybridized carbons (Fsp3) is 0.444. The number of methoxy groups -OCH3 is 1. The number of aromatic amines is 2. The van der Waals surface area contributed by atoms with Crippen LogP contribution in [0.4, 0.5) is 13.2 Å². The molecule has 0 aliphatic carbocycles. The summed E-state index contributed by atoms with van der Waals surface area (Å²) in [7, 11) is 1.46. The molecule has 4 aliphatic heterocycles. The quantitative estimate of drug-likeness (QED) is 0.0450. The Hall–Kier alpha value is -10.1. The number of benzene rings is 4. The van der Waals surface area contributed by atoms with Crippen molar-refractivity contribution in [3.05, 3.63) is 149 Å². The molecule has 0 radical (unpaired) electrons. The van der Waals surface area contributed by atoms with Crippen LogP contribution in [0.25, 0.3) is 21.8 Å². The minimum absolute atomic E-state index is 0.00260. The molecule has 14 N–H and O–H groups in total. The first-order valence-electron chi connectivity index (χ1n) is 33.7. The lowest BCUT2D eigenvalue weighted by Crippen LogP contribution is -2.64. The van der Waals surface area contributed by atoms with Gasteiger partial charge in [0, 0.05) is 79.3 Å². The third-order valence-electron chi connectivity index (χ3n) is 18.8.